The summed E-state index contributed by atoms with van der Waals surface area (Å²) in [4.78, 5) is 4.96. The summed E-state index contributed by atoms with van der Waals surface area (Å²) in [7, 11) is 0. The van der Waals surface area contributed by atoms with Crippen molar-refractivity contribution < 1.29 is 8.83 Å². The summed E-state index contributed by atoms with van der Waals surface area (Å²) in [5, 5.41) is 6.95. The SMILES string of the molecule is CC1(C)c2ccccc2-c2ccc(N(c3ccc4c(c3)C(C)(C)c3ccccc3-4)c3ccc4sc5ccc(C6(c7ccccc7)c7ccccc7-c7ccccc76)cc5c4c3)cc21.CC1(C)c2ccccc2-c2cccc(N(c3ccc4oc5ccccc5c4c3)c3ccc4oc5cc(C6(c7ccccc7)c7ccccc7-c7ccccc76)ccc5c4c3)c21. The molecule has 3 heterocycles. The largest absolute Gasteiger partial charge is 0.456 e. The number of nitrogens with zero attached hydrogens (tertiary/aromatic N) is 2. The van der Waals surface area contributed by atoms with Gasteiger partial charge in [0, 0.05) is 86.4 Å². The van der Waals surface area contributed by atoms with E-state index >= 15 is 0 Å². The lowest BCUT2D eigenvalue weighted by Gasteiger charge is -2.34. The summed E-state index contributed by atoms with van der Waals surface area (Å²) in [5.41, 5.74) is 40.4. The minimum atomic E-state index is -0.502. The van der Waals surface area contributed by atoms with Crippen LogP contribution in [-0.4, -0.2) is 0 Å². The van der Waals surface area contributed by atoms with E-state index < -0.39 is 10.8 Å². The van der Waals surface area contributed by atoms with Crippen molar-refractivity contribution >= 4 is 110 Å². The molecule has 0 atom stereocenters. The Morgan fingerprint density at radius 2 is 0.540 bits per heavy atom. The Kier molecular flexibility index (Phi) is 15.5. The highest BCUT2D eigenvalue weighted by atomic mass is 32.1. The van der Waals surface area contributed by atoms with E-state index in [2.05, 4.69) is 440 Å². The number of furan rings is 2. The Labute approximate surface area is 725 Å². The first kappa shape index (κ1) is 72.2. The van der Waals surface area contributed by atoms with Crippen LogP contribution in [0.2, 0.25) is 0 Å². The van der Waals surface area contributed by atoms with E-state index in [0.29, 0.717) is 0 Å². The molecule has 26 rings (SSSR count). The molecule has 124 heavy (non-hydrogen) atoms. The highest BCUT2D eigenvalue weighted by Crippen LogP contribution is 2.62. The Balaban J connectivity index is 0.000000136. The number of hydrogen-bond donors (Lipinski definition) is 0. The van der Waals surface area contributed by atoms with Gasteiger partial charge in [-0.25, -0.2) is 0 Å². The van der Waals surface area contributed by atoms with Crippen molar-refractivity contribution in [1.29, 1.82) is 0 Å². The third-order valence-electron chi connectivity index (χ3n) is 28.7. The fourth-order valence-corrected chi connectivity index (χ4v) is 24.2. The van der Waals surface area contributed by atoms with Gasteiger partial charge >= 0.3 is 0 Å². The number of hydrogen-bond acceptors (Lipinski definition) is 5. The third kappa shape index (κ3) is 10.1. The zero-order chi connectivity index (χ0) is 82.7. The second-order valence-corrected chi connectivity index (χ2v) is 37.1. The summed E-state index contributed by atoms with van der Waals surface area (Å²) in [6.07, 6.45) is 0. The number of benzene rings is 18. The predicted molar refractivity (Wildman–Crippen MR) is 517 cm³/mol. The molecule has 0 N–H and O–H groups in total. The quantitative estimate of drug-likeness (QED) is 0.137. The molecular weight excluding hydrogens is 1520 g/mol. The summed E-state index contributed by atoms with van der Waals surface area (Å²) >= 11 is 1.89. The third-order valence-corrected chi connectivity index (χ3v) is 29.8. The minimum Gasteiger partial charge on any atom is -0.456 e. The maximum absolute atomic E-state index is 6.87. The Morgan fingerprint density at radius 1 is 0.202 bits per heavy atom. The molecule has 0 unspecified atom stereocenters. The average Bonchev–Trinajstić information content (AvgIpc) is 1.53. The second kappa shape index (κ2) is 26.7. The highest BCUT2D eigenvalue weighted by Gasteiger charge is 2.49. The Bertz CT molecular complexity index is 7870. The summed E-state index contributed by atoms with van der Waals surface area (Å²) in [6, 6.07) is 149. The molecule has 588 valence electrons. The fraction of sp³-hybridized carbons (Fsp3) is 0.0924. The molecule has 0 spiro atoms. The van der Waals surface area contributed by atoms with Gasteiger partial charge in [0.15, 0.2) is 0 Å². The molecule has 0 aliphatic heterocycles. The van der Waals surface area contributed by atoms with Gasteiger partial charge in [0.25, 0.3) is 0 Å². The lowest BCUT2D eigenvalue weighted by Crippen LogP contribution is -2.28. The summed E-state index contributed by atoms with van der Waals surface area (Å²) in [6.45, 7) is 14.2. The van der Waals surface area contributed by atoms with Crippen molar-refractivity contribution in [2.75, 3.05) is 9.80 Å². The molecule has 3 aromatic heterocycles. The van der Waals surface area contributed by atoms with Gasteiger partial charge in [0.05, 0.1) is 16.5 Å². The molecule has 18 aromatic carbocycles. The zero-order valence-corrected chi connectivity index (χ0v) is 70.5. The van der Waals surface area contributed by atoms with Crippen molar-refractivity contribution in [1.82, 2.24) is 0 Å². The smallest absolute Gasteiger partial charge is 0.135 e. The lowest BCUT2D eigenvalue weighted by molar-refractivity contribution is 0.660. The van der Waals surface area contributed by atoms with E-state index in [0.717, 1.165) is 66.6 Å². The van der Waals surface area contributed by atoms with Crippen LogP contribution in [0.15, 0.2) is 409 Å². The molecule has 5 aliphatic carbocycles. The maximum atomic E-state index is 6.87. The van der Waals surface area contributed by atoms with Crippen molar-refractivity contribution in [2.45, 2.75) is 68.6 Å². The monoisotopic (exact) mass is 1600 g/mol. The number of fused-ring (bicyclic) bond motifs is 24. The first-order valence-electron chi connectivity index (χ1n) is 43.4. The number of rotatable bonds is 10. The Hall–Kier alpha value is -14.6. The van der Waals surface area contributed by atoms with Crippen molar-refractivity contribution in [3.8, 4) is 55.6 Å². The number of para-hydroxylation sites is 1. The van der Waals surface area contributed by atoms with E-state index in [9.17, 15) is 0 Å². The zero-order valence-electron chi connectivity index (χ0n) is 69.7. The van der Waals surface area contributed by atoms with Gasteiger partial charge in [-0.1, -0.05) is 333 Å². The van der Waals surface area contributed by atoms with Crippen molar-refractivity contribution in [2.24, 2.45) is 0 Å². The summed E-state index contributed by atoms with van der Waals surface area (Å²) < 4.78 is 15.8. The molecule has 0 radical (unpaired) electrons. The molecule has 21 aromatic rings. The van der Waals surface area contributed by atoms with Crippen LogP contribution in [0.5, 0.6) is 0 Å². The fourth-order valence-electron chi connectivity index (χ4n) is 23.1. The van der Waals surface area contributed by atoms with Crippen LogP contribution >= 0.6 is 11.3 Å². The second-order valence-electron chi connectivity index (χ2n) is 36.0. The van der Waals surface area contributed by atoms with Gasteiger partial charge < -0.3 is 18.6 Å². The first-order valence-corrected chi connectivity index (χ1v) is 44.2. The van der Waals surface area contributed by atoms with Gasteiger partial charge in [-0.3, -0.25) is 0 Å². The minimum absolute atomic E-state index is 0.120. The van der Waals surface area contributed by atoms with Crippen molar-refractivity contribution in [3.05, 3.63) is 478 Å². The molecule has 0 amide bonds. The van der Waals surface area contributed by atoms with E-state index in [1.165, 1.54) is 165 Å². The molecule has 0 saturated heterocycles. The van der Waals surface area contributed by atoms with Crippen LogP contribution in [0, 0.1) is 0 Å². The van der Waals surface area contributed by atoms with Gasteiger partial charge in [-0.2, -0.15) is 0 Å². The van der Waals surface area contributed by atoms with Crippen LogP contribution in [0.25, 0.3) is 120 Å². The molecule has 5 aliphatic rings. The first-order chi connectivity index (χ1) is 60.7. The molecule has 0 fully saturated rings. The van der Waals surface area contributed by atoms with Gasteiger partial charge in [0.1, 0.15) is 22.3 Å². The average molecular weight is 1610 g/mol. The van der Waals surface area contributed by atoms with Crippen LogP contribution in [-0.2, 0) is 27.1 Å². The highest BCUT2D eigenvalue weighted by molar-refractivity contribution is 7.25. The van der Waals surface area contributed by atoms with Gasteiger partial charge in [-0.15, -0.1) is 11.3 Å². The Morgan fingerprint density at radius 3 is 1.06 bits per heavy atom. The summed E-state index contributed by atoms with van der Waals surface area (Å²) in [5.74, 6) is 0. The van der Waals surface area contributed by atoms with Gasteiger partial charge in [0.2, 0.25) is 0 Å². The van der Waals surface area contributed by atoms with E-state index in [1.54, 1.807) is 0 Å². The van der Waals surface area contributed by atoms with Crippen molar-refractivity contribution in [3.63, 3.8) is 0 Å². The molecule has 4 nitrogen and oxygen atoms in total. The molecule has 0 saturated carbocycles. The van der Waals surface area contributed by atoms with E-state index in [-0.39, 0.29) is 16.2 Å². The molecule has 5 heteroatoms. The van der Waals surface area contributed by atoms with Crippen LogP contribution in [0.4, 0.5) is 34.1 Å². The molecular formula is C119H84N2O2S. The molecule has 0 bridgehead atoms. The van der Waals surface area contributed by atoms with E-state index in [1.807, 2.05) is 23.5 Å². The lowest BCUT2D eigenvalue weighted by atomic mass is 9.67. The van der Waals surface area contributed by atoms with E-state index in [4.69, 9.17) is 8.83 Å². The topological polar surface area (TPSA) is 32.8 Å². The van der Waals surface area contributed by atoms with Crippen LogP contribution < -0.4 is 9.80 Å². The number of thiophene rings is 1. The van der Waals surface area contributed by atoms with Crippen LogP contribution in [0.1, 0.15) is 119 Å². The maximum Gasteiger partial charge on any atom is 0.135 e. The predicted octanol–water partition coefficient (Wildman–Crippen LogP) is 32.1. The standard InChI is InChI=1S/C61H45NS.C58H39NO2/c1-59(2)51-22-12-8-18-43(51)47-30-27-41(36-55(47)59)62(42-28-31-48-44-19-9-13-23-52(44)60(3,4)56(48)37-42)40-29-33-58-50(35-40)49-34-39(26-32-57(49)63-58)61(38-16-6-5-7-17-38)53-24-14-10-20-45(53)46-21-11-15-25-54(46)61;1-57(2)48-22-10-6-19-42(48)45-21-14-25-51(56(45)57)59(38-28-31-53-46(34-38)43-20-9-13-26-52(43)60-53)39-29-32-54-47(35-39)44-30-27-37(33-55(44)61-54)58(36-15-4-3-5-16-36)49-23-11-7-17-40(49)41-18-8-12-24-50(41)58/h5-37H,1-4H3;3-35H,1-2H3. The normalized spacial score (nSPS) is 14.9. The van der Waals surface area contributed by atoms with Gasteiger partial charge in [-0.05, 0) is 243 Å². The number of anilines is 6. The van der Waals surface area contributed by atoms with Crippen LogP contribution in [0.3, 0.4) is 0 Å².